The molecular weight excluding hydrogens is 254 g/mol. The summed E-state index contributed by atoms with van der Waals surface area (Å²) in [6.45, 7) is 2.23. The number of hydrogen-bond acceptors (Lipinski definition) is 5. The van der Waals surface area contributed by atoms with Crippen molar-refractivity contribution in [3.8, 4) is 0 Å². The standard InChI is InChI=1S/C11H17N3O3S/c1-18(16,17)14-6-4-13(5-7-14)11-3-2-10(9-15)8-12-11/h2-3,8,15H,4-7,9H2,1H3. The third-order valence-corrected chi connectivity index (χ3v) is 4.33. The Labute approximate surface area is 107 Å². The van der Waals surface area contributed by atoms with Gasteiger partial charge in [-0.1, -0.05) is 6.07 Å². The highest BCUT2D eigenvalue weighted by Crippen LogP contribution is 2.15. The van der Waals surface area contributed by atoms with E-state index in [-0.39, 0.29) is 6.61 Å². The summed E-state index contributed by atoms with van der Waals surface area (Å²) in [6.07, 6.45) is 2.87. The van der Waals surface area contributed by atoms with E-state index >= 15 is 0 Å². The molecule has 1 aliphatic heterocycles. The molecule has 1 aliphatic rings. The van der Waals surface area contributed by atoms with Crippen molar-refractivity contribution < 1.29 is 13.5 Å². The summed E-state index contributed by atoms with van der Waals surface area (Å²) in [4.78, 5) is 6.30. The van der Waals surface area contributed by atoms with Crippen LogP contribution in [0.15, 0.2) is 18.3 Å². The summed E-state index contributed by atoms with van der Waals surface area (Å²) in [7, 11) is -3.09. The van der Waals surface area contributed by atoms with Gasteiger partial charge < -0.3 is 10.0 Å². The molecule has 1 N–H and O–H groups in total. The third-order valence-electron chi connectivity index (χ3n) is 3.02. The lowest BCUT2D eigenvalue weighted by Crippen LogP contribution is -2.48. The number of rotatable bonds is 3. The van der Waals surface area contributed by atoms with Crippen LogP contribution in [0.4, 0.5) is 5.82 Å². The number of hydrogen-bond donors (Lipinski definition) is 1. The quantitative estimate of drug-likeness (QED) is 0.814. The normalized spacial score (nSPS) is 18.0. The van der Waals surface area contributed by atoms with Gasteiger partial charge in [-0.05, 0) is 11.6 Å². The van der Waals surface area contributed by atoms with Crippen molar-refractivity contribution in [2.75, 3.05) is 37.3 Å². The van der Waals surface area contributed by atoms with Gasteiger partial charge in [-0.15, -0.1) is 0 Å². The minimum atomic E-state index is -3.09. The average molecular weight is 271 g/mol. The number of aromatic nitrogens is 1. The summed E-state index contributed by atoms with van der Waals surface area (Å²) in [6, 6.07) is 3.67. The van der Waals surface area contributed by atoms with Crippen LogP contribution in [0.5, 0.6) is 0 Å². The predicted octanol–water partition coefficient (Wildman–Crippen LogP) is -0.345. The maximum Gasteiger partial charge on any atom is 0.211 e. The van der Waals surface area contributed by atoms with Crippen LogP contribution in [0.25, 0.3) is 0 Å². The molecule has 6 nitrogen and oxygen atoms in total. The molecule has 1 aromatic heterocycles. The zero-order valence-corrected chi connectivity index (χ0v) is 11.1. The van der Waals surface area contributed by atoms with Crippen LogP contribution >= 0.6 is 0 Å². The maximum atomic E-state index is 11.4. The van der Waals surface area contributed by atoms with Crippen LogP contribution < -0.4 is 4.90 Å². The Morgan fingerprint density at radius 2 is 1.94 bits per heavy atom. The summed E-state index contributed by atoms with van der Waals surface area (Å²) in [5.41, 5.74) is 0.772. The molecule has 0 saturated carbocycles. The van der Waals surface area contributed by atoms with Gasteiger partial charge >= 0.3 is 0 Å². The second-order valence-electron chi connectivity index (χ2n) is 4.33. The third kappa shape index (κ3) is 2.98. The maximum absolute atomic E-state index is 11.4. The highest BCUT2D eigenvalue weighted by molar-refractivity contribution is 7.88. The van der Waals surface area contributed by atoms with Crippen molar-refractivity contribution in [3.05, 3.63) is 23.9 Å². The molecule has 0 amide bonds. The minimum absolute atomic E-state index is 0.0187. The molecule has 18 heavy (non-hydrogen) atoms. The first kappa shape index (κ1) is 13.3. The van der Waals surface area contributed by atoms with Gasteiger partial charge in [0.2, 0.25) is 10.0 Å². The van der Waals surface area contributed by atoms with Crippen LogP contribution in [0.3, 0.4) is 0 Å². The molecule has 0 bridgehead atoms. The highest BCUT2D eigenvalue weighted by atomic mass is 32.2. The minimum Gasteiger partial charge on any atom is -0.392 e. The first-order valence-electron chi connectivity index (χ1n) is 5.76. The van der Waals surface area contributed by atoms with Crippen LogP contribution in [-0.4, -0.2) is 55.2 Å². The van der Waals surface area contributed by atoms with Gasteiger partial charge in [0.05, 0.1) is 12.9 Å². The molecule has 0 aliphatic carbocycles. The van der Waals surface area contributed by atoms with E-state index in [9.17, 15) is 8.42 Å². The first-order valence-corrected chi connectivity index (χ1v) is 7.61. The summed E-state index contributed by atoms with van der Waals surface area (Å²) < 4.78 is 24.2. The smallest absolute Gasteiger partial charge is 0.211 e. The number of aliphatic hydroxyl groups is 1. The predicted molar refractivity (Wildman–Crippen MR) is 68.8 cm³/mol. The van der Waals surface area contributed by atoms with Crippen molar-refractivity contribution >= 4 is 15.8 Å². The van der Waals surface area contributed by atoms with E-state index in [4.69, 9.17) is 5.11 Å². The lowest BCUT2D eigenvalue weighted by atomic mass is 10.3. The number of aliphatic hydroxyl groups excluding tert-OH is 1. The van der Waals surface area contributed by atoms with Crippen LogP contribution in [-0.2, 0) is 16.6 Å². The number of piperazine rings is 1. The number of anilines is 1. The summed E-state index contributed by atoms with van der Waals surface area (Å²) in [5.74, 6) is 0.820. The zero-order valence-electron chi connectivity index (χ0n) is 10.3. The Morgan fingerprint density at radius 3 is 2.39 bits per heavy atom. The Morgan fingerprint density at radius 1 is 1.28 bits per heavy atom. The van der Waals surface area contributed by atoms with Gasteiger partial charge in [0.1, 0.15) is 5.82 Å². The van der Waals surface area contributed by atoms with Crippen molar-refractivity contribution in [1.29, 1.82) is 0 Å². The number of nitrogens with zero attached hydrogens (tertiary/aromatic N) is 3. The molecule has 0 radical (unpaired) electrons. The van der Waals surface area contributed by atoms with Gasteiger partial charge in [0.15, 0.2) is 0 Å². The fourth-order valence-electron chi connectivity index (χ4n) is 1.95. The number of pyridine rings is 1. The Balaban J connectivity index is 2.01. The molecular formula is C11H17N3O3S. The molecule has 2 rings (SSSR count). The van der Waals surface area contributed by atoms with Crippen molar-refractivity contribution in [3.63, 3.8) is 0 Å². The van der Waals surface area contributed by atoms with E-state index in [1.54, 1.807) is 6.20 Å². The highest BCUT2D eigenvalue weighted by Gasteiger charge is 2.23. The first-order chi connectivity index (χ1) is 8.50. The summed E-state index contributed by atoms with van der Waals surface area (Å²) >= 11 is 0. The lowest BCUT2D eigenvalue weighted by molar-refractivity contribution is 0.281. The van der Waals surface area contributed by atoms with E-state index in [0.717, 1.165) is 11.4 Å². The van der Waals surface area contributed by atoms with E-state index < -0.39 is 10.0 Å². The van der Waals surface area contributed by atoms with E-state index in [1.807, 2.05) is 17.0 Å². The molecule has 100 valence electrons. The van der Waals surface area contributed by atoms with Gasteiger partial charge in [-0.2, -0.15) is 4.31 Å². The Kier molecular flexibility index (Phi) is 3.84. The molecule has 0 aromatic carbocycles. The molecule has 0 unspecified atom stereocenters. The van der Waals surface area contributed by atoms with E-state index in [0.29, 0.717) is 26.2 Å². The second kappa shape index (κ2) is 5.21. The van der Waals surface area contributed by atoms with Gasteiger partial charge in [-0.25, -0.2) is 13.4 Å². The van der Waals surface area contributed by atoms with Gasteiger partial charge in [0, 0.05) is 32.4 Å². The van der Waals surface area contributed by atoms with Crippen LogP contribution in [0.1, 0.15) is 5.56 Å². The van der Waals surface area contributed by atoms with E-state index in [2.05, 4.69) is 4.98 Å². The van der Waals surface area contributed by atoms with Gasteiger partial charge in [0.25, 0.3) is 0 Å². The van der Waals surface area contributed by atoms with Crippen molar-refractivity contribution in [1.82, 2.24) is 9.29 Å². The zero-order chi connectivity index (χ0) is 13.2. The van der Waals surface area contributed by atoms with Crippen molar-refractivity contribution in [2.45, 2.75) is 6.61 Å². The van der Waals surface area contributed by atoms with E-state index in [1.165, 1.54) is 10.6 Å². The fourth-order valence-corrected chi connectivity index (χ4v) is 2.77. The molecule has 1 aromatic rings. The van der Waals surface area contributed by atoms with Crippen LogP contribution in [0.2, 0.25) is 0 Å². The second-order valence-corrected chi connectivity index (χ2v) is 6.31. The fraction of sp³-hybridized carbons (Fsp3) is 0.545. The average Bonchev–Trinajstić information content (AvgIpc) is 2.38. The summed E-state index contributed by atoms with van der Waals surface area (Å²) in [5, 5.41) is 8.94. The Bertz CT molecular complexity index is 493. The topological polar surface area (TPSA) is 73.7 Å². The molecule has 7 heteroatoms. The van der Waals surface area contributed by atoms with Crippen molar-refractivity contribution in [2.24, 2.45) is 0 Å². The molecule has 0 atom stereocenters. The lowest BCUT2D eigenvalue weighted by Gasteiger charge is -2.33. The number of sulfonamides is 1. The van der Waals surface area contributed by atoms with Gasteiger partial charge in [-0.3, -0.25) is 0 Å². The van der Waals surface area contributed by atoms with Crippen LogP contribution in [0, 0.1) is 0 Å². The molecule has 0 spiro atoms. The SMILES string of the molecule is CS(=O)(=O)N1CCN(c2ccc(CO)cn2)CC1. The Hall–Kier alpha value is -1.18. The molecule has 2 heterocycles. The molecule has 1 saturated heterocycles. The largest absolute Gasteiger partial charge is 0.392 e. The molecule has 1 fully saturated rings. The monoisotopic (exact) mass is 271 g/mol.